The SMILES string of the molecule is CC(C)n1c([C@@H](C)NC(=O)Cn2c(=O)oc3ccc(Cl)cc32)nc2ccccc21. The maximum Gasteiger partial charge on any atom is 0.420 e. The lowest BCUT2D eigenvalue weighted by Gasteiger charge is -2.19. The highest BCUT2D eigenvalue weighted by molar-refractivity contribution is 6.31. The number of nitrogens with zero attached hydrogens (tertiary/aromatic N) is 3. The Bertz CT molecular complexity index is 1270. The van der Waals surface area contributed by atoms with Gasteiger partial charge in [-0.25, -0.2) is 9.78 Å². The molecule has 2 aromatic carbocycles. The second-order valence-electron chi connectivity index (χ2n) is 7.28. The second-order valence-corrected chi connectivity index (χ2v) is 7.71. The van der Waals surface area contributed by atoms with Gasteiger partial charge in [0.2, 0.25) is 5.91 Å². The number of benzene rings is 2. The van der Waals surface area contributed by atoms with Gasteiger partial charge in [-0.05, 0) is 51.1 Å². The van der Waals surface area contributed by atoms with Crippen molar-refractivity contribution in [2.45, 2.75) is 39.4 Å². The lowest BCUT2D eigenvalue weighted by atomic mass is 10.2. The molecule has 0 aliphatic heterocycles. The smallest absolute Gasteiger partial charge is 0.408 e. The summed E-state index contributed by atoms with van der Waals surface area (Å²) in [4.78, 5) is 29.6. The topological polar surface area (TPSA) is 82.1 Å². The van der Waals surface area contributed by atoms with Crippen LogP contribution in [0.1, 0.15) is 38.7 Å². The van der Waals surface area contributed by atoms with Gasteiger partial charge in [0.25, 0.3) is 0 Å². The molecule has 1 amide bonds. The van der Waals surface area contributed by atoms with Gasteiger partial charge in [-0.3, -0.25) is 9.36 Å². The Morgan fingerprint density at radius 2 is 1.93 bits per heavy atom. The largest absolute Gasteiger partial charge is 0.420 e. The molecule has 29 heavy (non-hydrogen) atoms. The molecule has 0 saturated heterocycles. The van der Waals surface area contributed by atoms with Crippen molar-refractivity contribution in [2.24, 2.45) is 0 Å². The van der Waals surface area contributed by atoms with E-state index in [9.17, 15) is 9.59 Å². The van der Waals surface area contributed by atoms with E-state index in [1.807, 2.05) is 31.2 Å². The summed E-state index contributed by atoms with van der Waals surface area (Å²) in [6.07, 6.45) is 0. The number of halogens is 1. The molecular formula is C21H21ClN4O3. The van der Waals surface area contributed by atoms with E-state index in [0.29, 0.717) is 16.1 Å². The summed E-state index contributed by atoms with van der Waals surface area (Å²) in [7, 11) is 0. The quantitative estimate of drug-likeness (QED) is 0.536. The van der Waals surface area contributed by atoms with Crippen LogP contribution in [0.5, 0.6) is 0 Å². The summed E-state index contributed by atoms with van der Waals surface area (Å²) in [6.45, 7) is 5.86. The number of oxazole rings is 1. The van der Waals surface area contributed by atoms with Crippen molar-refractivity contribution in [2.75, 3.05) is 0 Å². The van der Waals surface area contributed by atoms with Gasteiger partial charge in [0, 0.05) is 11.1 Å². The van der Waals surface area contributed by atoms with Crippen LogP contribution < -0.4 is 11.1 Å². The first kappa shape index (κ1) is 19.3. The molecule has 1 atom stereocenters. The highest BCUT2D eigenvalue weighted by atomic mass is 35.5. The lowest BCUT2D eigenvalue weighted by Crippen LogP contribution is -2.33. The lowest BCUT2D eigenvalue weighted by molar-refractivity contribution is -0.122. The number of hydrogen-bond donors (Lipinski definition) is 1. The van der Waals surface area contributed by atoms with Crippen LogP contribution in [-0.4, -0.2) is 20.0 Å². The van der Waals surface area contributed by atoms with Crippen molar-refractivity contribution in [3.8, 4) is 0 Å². The van der Waals surface area contributed by atoms with Gasteiger partial charge in [0.05, 0.1) is 22.6 Å². The first-order valence-corrected chi connectivity index (χ1v) is 9.78. The zero-order valence-corrected chi connectivity index (χ0v) is 17.1. The van der Waals surface area contributed by atoms with E-state index in [1.54, 1.807) is 18.2 Å². The van der Waals surface area contributed by atoms with Gasteiger partial charge in [-0.2, -0.15) is 0 Å². The molecule has 150 valence electrons. The average Bonchev–Trinajstić information content (AvgIpc) is 3.20. The van der Waals surface area contributed by atoms with E-state index in [-0.39, 0.29) is 24.5 Å². The normalized spacial score (nSPS) is 12.7. The zero-order chi connectivity index (χ0) is 20.7. The summed E-state index contributed by atoms with van der Waals surface area (Å²) < 4.78 is 8.57. The maximum absolute atomic E-state index is 12.7. The number of imidazole rings is 1. The van der Waals surface area contributed by atoms with E-state index >= 15 is 0 Å². The van der Waals surface area contributed by atoms with Crippen molar-refractivity contribution in [3.05, 3.63) is 63.9 Å². The zero-order valence-electron chi connectivity index (χ0n) is 16.3. The van der Waals surface area contributed by atoms with E-state index in [4.69, 9.17) is 21.0 Å². The molecule has 0 spiro atoms. The number of hydrogen-bond acceptors (Lipinski definition) is 4. The number of fused-ring (bicyclic) bond motifs is 2. The van der Waals surface area contributed by atoms with E-state index < -0.39 is 5.76 Å². The first-order valence-electron chi connectivity index (χ1n) is 9.40. The third-order valence-corrected chi connectivity index (χ3v) is 5.07. The molecule has 0 radical (unpaired) electrons. The van der Waals surface area contributed by atoms with Crippen LogP contribution >= 0.6 is 11.6 Å². The van der Waals surface area contributed by atoms with Crippen molar-refractivity contribution < 1.29 is 9.21 Å². The van der Waals surface area contributed by atoms with Crippen LogP contribution in [0.3, 0.4) is 0 Å². The minimum absolute atomic E-state index is 0.168. The Kier molecular flexibility index (Phi) is 4.92. The minimum Gasteiger partial charge on any atom is -0.408 e. The van der Waals surface area contributed by atoms with Crippen molar-refractivity contribution >= 4 is 39.6 Å². The molecule has 4 rings (SSSR count). The molecule has 0 unspecified atom stereocenters. The minimum atomic E-state index is -0.598. The molecule has 8 heteroatoms. The van der Waals surface area contributed by atoms with Gasteiger partial charge < -0.3 is 14.3 Å². The van der Waals surface area contributed by atoms with Crippen molar-refractivity contribution in [3.63, 3.8) is 0 Å². The number of carbonyl (C=O) groups excluding carboxylic acids is 1. The molecule has 0 saturated carbocycles. The number of carbonyl (C=O) groups is 1. The summed E-state index contributed by atoms with van der Waals surface area (Å²) in [5, 5.41) is 3.40. The summed E-state index contributed by atoms with van der Waals surface area (Å²) in [6, 6.07) is 12.6. The van der Waals surface area contributed by atoms with Crippen LogP contribution in [0.15, 0.2) is 51.7 Å². The summed E-state index contributed by atoms with van der Waals surface area (Å²) in [5.41, 5.74) is 2.77. The second kappa shape index (κ2) is 7.40. The Morgan fingerprint density at radius 1 is 1.17 bits per heavy atom. The van der Waals surface area contributed by atoms with Crippen molar-refractivity contribution in [1.82, 2.24) is 19.4 Å². The molecule has 2 heterocycles. The van der Waals surface area contributed by atoms with Gasteiger partial charge in [0.1, 0.15) is 12.4 Å². The van der Waals surface area contributed by atoms with Gasteiger partial charge in [0.15, 0.2) is 5.58 Å². The number of para-hydroxylation sites is 2. The van der Waals surface area contributed by atoms with Crippen molar-refractivity contribution in [1.29, 1.82) is 0 Å². The molecule has 7 nitrogen and oxygen atoms in total. The van der Waals surface area contributed by atoms with Gasteiger partial charge in [-0.1, -0.05) is 23.7 Å². The molecule has 4 aromatic rings. The fourth-order valence-electron chi connectivity index (χ4n) is 3.59. The number of rotatable bonds is 5. The predicted molar refractivity (Wildman–Crippen MR) is 112 cm³/mol. The Balaban J connectivity index is 1.61. The molecule has 1 N–H and O–H groups in total. The average molecular weight is 413 g/mol. The molecule has 0 aliphatic carbocycles. The van der Waals surface area contributed by atoms with Gasteiger partial charge >= 0.3 is 5.76 Å². The van der Waals surface area contributed by atoms with Crippen LogP contribution in [0, 0.1) is 0 Å². The Labute approximate surface area is 171 Å². The first-order chi connectivity index (χ1) is 13.8. The summed E-state index contributed by atoms with van der Waals surface area (Å²) >= 11 is 6.02. The third kappa shape index (κ3) is 3.53. The number of nitrogens with one attached hydrogen (secondary N) is 1. The van der Waals surface area contributed by atoms with E-state index in [1.165, 1.54) is 4.57 Å². The molecule has 0 aliphatic rings. The Hall–Kier alpha value is -3.06. The highest BCUT2D eigenvalue weighted by Crippen LogP contribution is 2.25. The fraction of sp³-hybridized carbons (Fsp3) is 0.286. The van der Waals surface area contributed by atoms with Crippen LogP contribution in [0.4, 0.5) is 0 Å². The van der Waals surface area contributed by atoms with Crippen LogP contribution in [-0.2, 0) is 11.3 Å². The fourth-order valence-corrected chi connectivity index (χ4v) is 3.76. The number of amides is 1. The Morgan fingerprint density at radius 3 is 2.69 bits per heavy atom. The number of aromatic nitrogens is 3. The van der Waals surface area contributed by atoms with E-state index in [0.717, 1.165) is 16.9 Å². The molecular weight excluding hydrogens is 392 g/mol. The molecule has 2 aromatic heterocycles. The van der Waals surface area contributed by atoms with Crippen LogP contribution in [0.2, 0.25) is 5.02 Å². The monoisotopic (exact) mass is 412 g/mol. The highest BCUT2D eigenvalue weighted by Gasteiger charge is 2.21. The maximum atomic E-state index is 12.7. The molecule has 0 bridgehead atoms. The van der Waals surface area contributed by atoms with Crippen LogP contribution in [0.25, 0.3) is 22.1 Å². The van der Waals surface area contributed by atoms with Gasteiger partial charge in [-0.15, -0.1) is 0 Å². The third-order valence-electron chi connectivity index (χ3n) is 4.84. The predicted octanol–water partition coefficient (Wildman–Crippen LogP) is 4.06. The standard InChI is InChI=1S/C21H21ClN4O3/c1-12(2)26-16-7-5-4-6-15(16)24-20(26)13(3)23-19(27)11-25-17-10-14(22)8-9-18(17)29-21(25)28/h4-10,12-13H,11H2,1-3H3,(H,23,27)/t13-/m1/s1. The molecule has 0 fully saturated rings. The summed E-state index contributed by atoms with van der Waals surface area (Å²) in [5.74, 6) is -0.147. The van der Waals surface area contributed by atoms with E-state index in [2.05, 4.69) is 23.7 Å².